The van der Waals surface area contributed by atoms with Gasteiger partial charge in [0.1, 0.15) is 6.04 Å². The van der Waals surface area contributed by atoms with Crippen molar-refractivity contribution in [1.29, 1.82) is 0 Å². The van der Waals surface area contributed by atoms with Crippen LogP contribution in [0.2, 0.25) is 0 Å². The minimum absolute atomic E-state index is 0.0416. The second kappa shape index (κ2) is 9.29. The average molecular weight is 390 g/mol. The maximum atomic E-state index is 12.2. The molecular weight excluding hydrogens is 368 g/mol. The molecule has 8 heteroatoms. The van der Waals surface area contributed by atoms with Crippen LogP contribution in [0.1, 0.15) is 18.1 Å². The summed E-state index contributed by atoms with van der Waals surface area (Å²) in [5.41, 5.74) is 1.40. The van der Waals surface area contributed by atoms with Crippen molar-refractivity contribution in [3.63, 3.8) is 0 Å². The largest absolute Gasteiger partial charge is 0.480 e. The SMILES string of the molecule is CCNS(=O)(=O)c1ccc(CC(=O)N[C@H](Cc2ccccc2)C(=O)O)cc1. The van der Waals surface area contributed by atoms with E-state index in [1.165, 1.54) is 24.3 Å². The summed E-state index contributed by atoms with van der Waals surface area (Å²) in [6.07, 6.45) is 0.141. The molecule has 0 spiro atoms. The Bertz CT molecular complexity index is 880. The van der Waals surface area contributed by atoms with Crippen molar-refractivity contribution >= 4 is 21.9 Å². The standard InChI is InChI=1S/C19H22N2O5S/c1-2-20-27(25,26)16-10-8-15(9-11-16)13-18(22)21-17(19(23)24)12-14-6-4-3-5-7-14/h3-11,17,20H,2,12-13H2,1H3,(H,21,22)(H,23,24)/t17-/m1/s1. The molecule has 2 rings (SSSR count). The van der Waals surface area contributed by atoms with Crippen LogP contribution < -0.4 is 10.0 Å². The normalized spacial score (nSPS) is 12.3. The fourth-order valence-corrected chi connectivity index (χ4v) is 3.58. The van der Waals surface area contributed by atoms with Gasteiger partial charge >= 0.3 is 5.97 Å². The van der Waals surface area contributed by atoms with Crippen molar-refractivity contribution in [2.45, 2.75) is 30.7 Å². The molecule has 0 heterocycles. The van der Waals surface area contributed by atoms with Gasteiger partial charge in [-0.05, 0) is 23.3 Å². The lowest BCUT2D eigenvalue weighted by Gasteiger charge is -2.15. The highest BCUT2D eigenvalue weighted by atomic mass is 32.2. The van der Waals surface area contributed by atoms with E-state index in [1.54, 1.807) is 31.2 Å². The van der Waals surface area contributed by atoms with Crippen LogP contribution in [0.25, 0.3) is 0 Å². The second-order valence-corrected chi connectivity index (χ2v) is 7.74. The van der Waals surface area contributed by atoms with E-state index >= 15 is 0 Å². The number of aliphatic carboxylic acids is 1. The molecule has 0 bridgehead atoms. The third kappa shape index (κ3) is 6.19. The highest BCUT2D eigenvalue weighted by Gasteiger charge is 2.20. The fraction of sp³-hybridized carbons (Fsp3) is 0.263. The molecule has 27 heavy (non-hydrogen) atoms. The van der Waals surface area contributed by atoms with Crippen molar-refractivity contribution in [3.8, 4) is 0 Å². The Kier molecular flexibility index (Phi) is 7.09. The van der Waals surface area contributed by atoms with E-state index in [2.05, 4.69) is 10.0 Å². The molecule has 144 valence electrons. The Morgan fingerprint density at radius 3 is 2.19 bits per heavy atom. The van der Waals surface area contributed by atoms with Crippen LogP contribution in [0.15, 0.2) is 59.5 Å². The van der Waals surface area contributed by atoms with Crippen molar-refractivity contribution in [3.05, 3.63) is 65.7 Å². The molecule has 0 aliphatic rings. The molecule has 1 atom stereocenters. The summed E-state index contributed by atoms with van der Waals surface area (Å²) in [5.74, 6) is -1.56. The number of hydrogen-bond acceptors (Lipinski definition) is 4. The minimum atomic E-state index is -3.55. The molecule has 0 aromatic heterocycles. The number of sulfonamides is 1. The molecule has 2 aromatic rings. The molecule has 0 unspecified atom stereocenters. The summed E-state index contributed by atoms with van der Waals surface area (Å²) in [6, 6.07) is 13.9. The molecule has 7 nitrogen and oxygen atoms in total. The quantitative estimate of drug-likeness (QED) is 0.598. The molecule has 3 N–H and O–H groups in total. The lowest BCUT2D eigenvalue weighted by molar-refractivity contribution is -0.141. The summed E-state index contributed by atoms with van der Waals surface area (Å²) in [5, 5.41) is 11.8. The van der Waals surface area contributed by atoms with Gasteiger partial charge < -0.3 is 10.4 Å². The van der Waals surface area contributed by atoms with Crippen LogP contribution in [0.3, 0.4) is 0 Å². The first kappa shape index (κ1) is 20.6. The first-order chi connectivity index (χ1) is 12.8. The predicted molar refractivity (Wildman–Crippen MR) is 101 cm³/mol. The number of hydrogen-bond donors (Lipinski definition) is 3. The first-order valence-corrected chi connectivity index (χ1v) is 9.95. The molecule has 0 aliphatic carbocycles. The summed E-state index contributed by atoms with van der Waals surface area (Å²) in [6.45, 7) is 1.97. The van der Waals surface area contributed by atoms with Gasteiger partial charge in [0.05, 0.1) is 11.3 Å². The lowest BCUT2D eigenvalue weighted by Crippen LogP contribution is -2.43. The van der Waals surface area contributed by atoms with Gasteiger partial charge in [0.15, 0.2) is 0 Å². The van der Waals surface area contributed by atoms with Crippen LogP contribution in [0.4, 0.5) is 0 Å². The van der Waals surface area contributed by atoms with Gasteiger partial charge in [0, 0.05) is 13.0 Å². The van der Waals surface area contributed by atoms with Crippen LogP contribution in [0, 0.1) is 0 Å². The maximum Gasteiger partial charge on any atom is 0.326 e. The van der Waals surface area contributed by atoms with Gasteiger partial charge in [-0.1, -0.05) is 49.4 Å². The minimum Gasteiger partial charge on any atom is -0.480 e. The number of carbonyl (C=O) groups is 2. The number of rotatable bonds is 9. The van der Waals surface area contributed by atoms with E-state index in [-0.39, 0.29) is 24.3 Å². The number of carbonyl (C=O) groups excluding carboxylic acids is 1. The van der Waals surface area contributed by atoms with Gasteiger partial charge in [-0.25, -0.2) is 17.9 Å². The topological polar surface area (TPSA) is 113 Å². The number of amides is 1. The Labute approximate surface area is 158 Å². The highest BCUT2D eigenvalue weighted by Crippen LogP contribution is 2.11. The van der Waals surface area contributed by atoms with E-state index in [1.807, 2.05) is 6.07 Å². The molecule has 1 amide bonds. The number of carboxylic acid groups (broad SMARTS) is 1. The van der Waals surface area contributed by atoms with Crippen molar-refractivity contribution in [2.75, 3.05) is 6.54 Å². The van der Waals surface area contributed by atoms with E-state index in [0.717, 1.165) is 5.56 Å². The van der Waals surface area contributed by atoms with Gasteiger partial charge in [-0.15, -0.1) is 0 Å². The van der Waals surface area contributed by atoms with Gasteiger partial charge in [-0.2, -0.15) is 0 Å². The average Bonchev–Trinajstić information content (AvgIpc) is 2.62. The molecule has 0 saturated carbocycles. The third-order valence-corrected chi connectivity index (χ3v) is 5.41. The number of nitrogens with one attached hydrogen (secondary N) is 2. The third-order valence-electron chi connectivity index (χ3n) is 3.85. The van der Waals surface area contributed by atoms with E-state index in [0.29, 0.717) is 5.56 Å². The van der Waals surface area contributed by atoms with Crippen molar-refractivity contribution in [1.82, 2.24) is 10.0 Å². The Morgan fingerprint density at radius 2 is 1.63 bits per heavy atom. The smallest absolute Gasteiger partial charge is 0.326 e. The molecule has 0 radical (unpaired) electrons. The zero-order valence-electron chi connectivity index (χ0n) is 14.9. The zero-order chi connectivity index (χ0) is 19.9. The van der Waals surface area contributed by atoms with Crippen LogP contribution in [-0.4, -0.2) is 38.0 Å². The van der Waals surface area contributed by atoms with E-state index < -0.39 is 27.9 Å². The Balaban J connectivity index is 2.00. The zero-order valence-corrected chi connectivity index (χ0v) is 15.7. The molecule has 0 saturated heterocycles. The van der Waals surface area contributed by atoms with Crippen LogP contribution in [-0.2, 0) is 32.5 Å². The Hall–Kier alpha value is -2.71. The second-order valence-electron chi connectivity index (χ2n) is 5.97. The van der Waals surface area contributed by atoms with Crippen molar-refractivity contribution in [2.24, 2.45) is 0 Å². The highest BCUT2D eigenvalue weighted by molar-refractivity contribution is 7.89. The maximum absolute atomic E-state index is 12.2. The Morgan fingerprint density at radius 1 is 1.00 bits per heavy atom. The van der Waals surface area contributed by atoms with E-state index in [4.69, 9.17) is 0 Å². The molecular formula is C19H22N2O5S. The van der Waals surface area contributed by atoms with E-state index in [9.17, 15) is 23.1 Å². The predicted octanol–water partition coefficient (Wildman–Crippen LogP) is 1.34. The lowest BCUT2D eigenvalue weighted by atomic mass is 10.1. The summed E-state index contributed by atoms with van der Waals surface area (Å²) in [7, 11) is -3.55. The summed E-state index contributed by atoms with van der Waals surface area (Å²) in [4.78, 5) is 23.7. The van der Waals surface area contributed by atoms with Crippen molar-refractivity contribution < 1.29 is 23.1 Å². The molecule has 0 aliphatic heterocycles. The monoisotopic (exact) mass is 390 g/mol. The van der Waals surface area contributed by atoms with Gasteiger partial charge in [0.2, 0.25) is 15.9 Å². The summed E-state index contributed by atoms with van der Waals surface area (Å²) >= 11 is 0. The van der Waals surface area contributed by atoms with Crippen LogP contribution >= 0.6 is 0 Å². The van der Waals surface area contributed by atoms with Crippen LogP contribution in [0.5, 0.6) is 0 Å². The molecule has 2 aromatic carbocycles. The van der Waals surface area contributed by atoms with Gasteiger partial charge in [-0.3, -0.25) is 4.79 Å². The first-order valence-electron chi connectivity index (χ1n) is 8.46. The number of benzene rings is 2. The molecule has 0 fully saturated rings. The van der Waals surface area contributed by atoms with Gasteiger partial charge in [0.25, 0.3) is 0 Å². The summed E-state index contributed by atoms with van der Waals surface area (Å²) < 4.78 is 26.2. The number of carboxylic acids is 1. The fourth-order valence-electron chi connectivity index (χ4n) is 2.54.